The van der Waals surface area contributed by atoms with Crippen molar-refractivity contribution in [3.63, 3.8) is 0 Å². The number of amidine groups is 1. The standard InChI is InChI=1S/C16H24N4O2/c1-9(22-19)14-4-2-10-6-11(3-5-15(10)21-14)16(18)20-13-7-12(17)8-13/h3,5-6,9,12-14H,2,4,7-8,17,19H2,1H3,(H2,18,20)/t9-,12?,13?,14+/m0/s1. The van der Waals surface area contributed by atoms with Crippen LogP contribution < -0.4 is 22.1 Å². The number of fused-ring (bicyclic) bond motifs is 1. The van der Waals surface area contributed by atoms with E-state index in [2.05, 4.69) is 11.1 Å². The first-order chi connectivity index (χ1) is 10.6. The minimum atomic E-state index is -0.123. The zero-order valence-electron chi connectivity index (χ0n) is 12.9. The van der Waals surface area contributed by atoms with Crippen molar-refractivity contribution >= 4 is 5.84 Å². The third-order valence-electron chi connectivity index (χ3n) is 4.54. The van der Waals surface area contributed by atoms with E-state index in [1.54, 1.807) is 0 Å². The fraction of sp³-hybridized carbons (Fsp3) is 0.562. The highest BCUT2D eigenvalue weighted by molar-refractivity contribution is 5.98. The van der Waals surface area contributed by atoms with Gasteiger partial charge in [0.1, 0.15) is 23.8 Å². The number of aryl methyl sites for hydroxylation is 1. The van der Waals surface area contributed by atoms with Gasteiger partial charge in [0.05, 0.1) is 6.04 Å². The molecule has 2 atom stereocenters. The van der Waals surface area contributed by atoms with E-state index in [9.17, 15) is 0 Å². The molecule has 6 heteroatoms. The Labute approximate surface area is 130 Å². The van der Waals surface area contributed by atoms with Gasteiger partial charge in [-0.15, -0.1) is 0 Å². The van der Waals surface area contributed by atoms with Crippen molar-refractivity contribution in [1.82, 2.24) is 0 Å². The second-order valence-corrected chi connectivity index (χ2v) is 6.26. The van der Waals surface area contributed by atoms with Crippen LogP contribution in [-0.2, 0) is 11.3 Å². The van der Waals surface area contributed by atoms with Gasteiger partial charge in [-0.25, -0.2) is 5.90 Å². The number of aliphatic imine (C=N–C) groups is 1. The van der Waals surface area contributed by atoms with Crippen LogP contribution in [0.5, 0.6) is 5.75 Å². The molecule has 6 N–H and O–H groups in total. The number of rotatable bonds is 4. The molecule has 0 amide bonds. The molecule has 0 saturated heterocycles. The van der Waals surface area contributed by atoms with Crippen LogP contribution in [0.15, 0.2) is 23.2 Å². The topological polar surface area (TPSA) is 109 Å². The third-order valence-corrected chi connectivity index (χ3v) is 4.54. The molecule has 0 bridgehead atoms. The van der Waals surface area contributed by atoms with E-state index in [1.807, 2.05) is 19.1 Å². The summed E-state index contributed by atoms with van der Waals surface area (Å²) in [6.07, 6.45) is 3.51. The first-order valence-electron chi connectivity index (χ1n) is 7.81. The number of nitrogens with two attached hydrogens (primary N) is 3. The summed E-state index contributed by atoms with van der Waals surface area (Å²) in [5.74, 6) is 6.70. The number of benzene rings is 1. The van der Waals surface area contributed by atoms with Crippen molar-refractivity contribution in [2.45, 2.75) is 56.9 Å². The van der Waals surface area contributed by atoms with Crippen LogP contribution in [0.1, 0.15) is 37.3 Å². The molecule has 2 aliphatic rings. The molecule has 0 aromatic heterocycles. The van der Waals surface area contributed by atoms with Gasteiger partial charge in [-0.2, -0.15) is 0 Å². The summed E-state index contributed by atoms with van der Waals surface area (Å²) >= 11 is 0. The molecule has 0 unspecified atom stereocenters. The molecule has 0 radical (unpaired) electrons. The van der Waals surface area contributed by atoms with E-state index >= 15 is 0 Å². The summed E-state index contributed by atoms with van der Waals surface area (Å²) in [7, 11) is 0. The van der Waals surface area contributed by atoms with Gasteiger partial charge < -0.3 is 16.2 Å². The van der Waals surface area contributed by atoms with Crippen LogP contribution in [0, 0.1) is 0 Å². The molecular formula is C16H24N4O2. The second-order valence-electron chi connectivity index (χ2n) is 6.26. The monoisotopic (exact) mass is 304 g/mol. The van der Waals surface area contributed by atoms with Crippen LogP contribution in [0.3, 0.4) is 0 Å². The summed E-state index contributed by atoms with van der Waals surface area (Å²) in [5.41, 5.74) is 14.0. The van der Waals surface area contributed by atoms with Gasteiger partial charge in [-0.05, 0) is 56.4 Å². The number of ether oxygens (including phenoxy) is 1. The lowest BCUT2D eigenvalue weighted by Crippen LogP contribution is -2.40. The molecular weight excluding hydrogens is 280 g/mol. The van der Waals surface area contributed by atoms with Crippen molar-refractivity contribution in [3.05, 3.63) is 29.3 Å². The lowest BCUT2D eigenvalue weighted by Gasteiger charge is -2.30. The maximum Gasteiger partial charge on any atom is 0.127 e. The molecule has 1 fully saturated rings. The van der Waals surface area contributed by atoms with Crippen LogP contribution in [0.2, 0.25) is 0 Å². The fourth-order valence-corrected chi connectivity index (χ4v) is 2.99. The number of nitrogens with zero attached hydrogens (tertiary/aromatic N) is 1. The largest absolute Gasteiger partial charge is 0.487 e. The Hall–Kier alpha value is -1.63. The van der Waals surface area contributed by atoms with E-state index in [0.29, 0.717) is 5.84 Å². The Kier molecular flexibility index (Phi) is 4.33. The SMILES string of the molecule is C[C@H](ON)[C@H]1CCc2cc(C(N)=NC3CC(N)C3)ccc2O1. The first kappa shape index (κ1) is 15.3. The Balaban J connectivity index is 1.72. The van der Waals surface area contributed by atoms with Crippen molar-refractivity contribution in [3.8, 4) is 5.75 Å². The summed E-state index contributed by atoms with van der Waals surface area (Å²) in [5, 5.41) is 0. The van der Waals surface area contributed by atoms with E-state index in [0.717, 1.165) is 42.6 Å². The Morgan fingerprint density at radius 1 is 1.41 bits per heavy atom. The molecule has 0 spiro atoms. The van der Waals surface area contributed by atoms with Gasteiger partial charge in [0, 0.05) is 11.6 Å². The van der Waals surface area contributed by atoms with Gasteiger partial charge in [-0.1, -0.05) is 0 Å². The maximum absolute atomic E-state index is 6.11. The minimum Gasteiger partial charge on any atom is -0.487 e. The number of hydrogen-bond donors (Lipinski definition) is 3. The minimum absolute atomic E-state index is 0.00849. The second kappa shape index (κ2) is 6.24. The summed E-state index contributed by atoms with van der Waals surface area (Å²) < 4.78 is 5.94. The predicted octanol–water partition coefficient (Wildman–Crippen LogP) is 0.854. The van der Waals surface area contributed by atoms with E-state index in [1.165, 1.54) is 0 Å². The molecule has 1 aromatic carbocycles. The van der Waals surface area contributed by atoms with Gasteiger partial charge >= 0.3 is 0 Å². The molecule has 1 heterocycles. The first-order valence-corrected chi connectivity index (χ1v) is 7.81. The molecule has 1 aromatic rings. The van der Waals surface area contributed by atoms with E-state index < -0.39 is 0 Å². The van der Waals surface area contributed by atoms with Crippen molar-refractivity contribution in [2.24, 2.45) is 22.4 Å². The highest BCUT2D eigenvalue weighted by Crippen LogP contribution is 2.30. The Bertz CT molecular complexity index is 569. The Morgan fingerprint density at radius 3 is 2.86 bits per heavy atom. The van der Waals surface area contributed by atoms with Crippen molar-refractivity contribution in [2.75, 3.05) is 0 Å². The maximum atomic E-state index is 6.11. The molecule has 3 rings (SSSR count). The smallest absolute Gasteiger partial charge is 0.127 e. The molecule has 1 aliphatic heterocycles. The van der Waals surface area contributed by atoms with Crippen LogP contribution in [0.4, 0.5) is 0 Å². The normalized spacial score (nSPS) is 29.2. The van der Waals surface area contributed by atoms with Crippen molar-refractivity contribution in [1.29, 1.82) is 0 Å². The van der Waals surface area contributed by atoms with Crippen molar-refractivity contribution < 1.29 is 9.57 Å². The highest BCUT2D eigenvalue weighted by atomic mass is 16.6. The van der Waals surface area contributed by atoms with Gasteiger partial charge in [0.2, 0.25) is 0 Å². The molecule has 1 aliphatic carbocycles. The summed E-state index contributed by atoms with van der Waals surface area (Å²) in [6, 6.07) is 6.52. The van der Waals surface area contributed by atoms with Gasteiger partial charge in [0.15, 0.2) is 0 Å². The van der Waals surface area contributed by atoms with Gasteiger partial charge in [-0.3, -0.25) is 9.83 Å². The molecule has 120 valence electrons. The molecule has 22 heavy (non-hydrogen) atoms. The fourth-order valence-electron chi connectivity index (χ4n) is 2.99. The molecule has 1 saturated carbocycles. The Morgan fingerprint density at radius 2 is 2.18 bits per heavy atom. The zero-order chi connectivity index (χ0) is 15.7. The highest BCUT2D eigenvalue weighted by Gasteiger charge is 2.27. The molecule has 6 nitrogen and oxygen atoms in total. The van der Waals surface area contributed by atoms with Crippen LogP contribution in [-0.4, -0.2) is 30.1 Å². The summed E-state index contributed by atoms with van der Waals surface area (Å²) in [6.45, 7) is 1.91. The lowest BCUT2D eigenvalue weighted by molar-refractivity contribution is -0.0238. The average Bonchev–Trinajstić information content (AvgIpc) is 2.51. The van der Waals surface area contributed by atoms with Crippen LogP contribution >= 0.6 is 0 Å². The van der Waals surface area contributed by atoms with Crippen LogP contribution in [0.25, 0.3) is 0 Å². The summed E-state index contributed by atoms with van der Waals surface area (Å²) in [4.78, 5) is 9.41. The van der Waals surface area contributed by atoms with Gasteiger partial charge in [0.25, 0.3) is 0 Å². The lowest BCUT2D eigenvalue weighted by atomic mass is 9.88. The zero-order valence-corrected chi connectivity index (χ0v) is 12.9. The predicted molar refractivity (Wildman–Crippen MR) is 85.6 cm³/mol. The number of hydrogen-bond acceptors (Lipinski definition) is 5. The van der Waals surface area contributed by atoms with E-state index in [-0.39, 0.29) is 24.3 Å². The third kappa shape index (κ3) is 3.09. The van der Waals surface area contributed by atoms with E-state index in [4.69, 9.17) is 26.9 Å². The quantitative estimate of drug-likeness (QED) is 0.434. The average molecular weight is 304 g/mol.